The number of nitrogens with zero attached hydrogens (tertiary/aromatic N) is 3. The van der Waals surface area contributed by atoms with Gasteiger partial charge in [0.05, 0.1) is 17.6 Å². The first-order valence-corrected chi connectivity index (χ1v) is 6.21. The highest BCUT2D eigenvalue weighted by Gasteiger charge is 2.20. The quantitative estimate of drug-likeness (QED) is 0.849. The average Bonchev–Trinajstić information content (AvgIpc) is 2.82. The van der Waals surface area contributed by atoms with Crippen molar-refractivity contribution >= 4 is 11.7 Å². The molecule has 19 heavy (non-hydrogen) atoms. The average molecular weight is 258 g/mol. The maximum absolute atomic E-state index is 11.3. The molecule has 0 spiro atoms. The summed E-state index contributed by atoms with van der Waals surface area (Å²) in [6.45, 7) is 0. The van der Waals surface area contributed by atoms with Crippen LogP contribution in [0.1, 0.15) is 34.6 Å². The summed E-state index contributed by atoms with van der Waals surface area (Å²) >= 11 is 0. The first kappa shape index (κ1) is 11.7. The third-order valence-corrected chi connectivity index (χ3v) is 3.38. The number of hydrogen-bond acceptors (Lipinski definition) is 4. The summed E-state index contributed by atoms with van der Waals surface area (Å²) in [5.74, 6) is -0.648. The van der Waals surface area contributed by atoms with Crippen LogP contribution in [-0.4, -0.2) is 25.6 Å². The van der Waals surface area contributed by atoms with Gasteiger partial charge < -0.3 is 10.8 Å². The van der Waals surface area contributed by atoms with E-state index in [-0.39, 0.29) is 5.56 Å². The van der Waals surface area contributed by atoms with Gasteiger partial charge >= 0.3 is 5.97 Å². The fourth-order valence-electron chi connectivity index (χ4n) is 2.47. The van der Waals surface area contributed by atoms with Crippen molar-refractivity contribution in [2.45, 2.75) is 25.7 Å². The molecule has 0 atom stereocenters. The molecular formula is C13H14N4O2. The van der Waals surface area contributed by atoms with Crippen LogP contribution in [0.4, 0.5) is 5.69 Å². The number of carbonyl (C=O) groups is 1. The molecule has 3 rings (SSSR count). The van der Waals surface area contributed by atoms with E-state index >= 15 is 0 Å². The topological polar surface area (TPSA) is 94.0 Å². The van der Waals surface area contributed by atoms with E-state index in [4.69, 9.17) is 5.73 Å². The van der Waals surface area contributed by atoms with Gasteiger partial charge in [0.15, 0.2) is 5.82 Å². The van der Waals surface area contributed by atoms with Crippen LogP contribution in [0, 0.1) is 0 Å². The van der Waals surface area contributed by atoms with E-state index in [1.807, 2.05) is 0 Å². The predicted molar refractivity (Wildman–Crippen MR) is 69.4 cm³/mol. The number of aromatic carboxylic acids is 1. The third kappa shape index (κ3) is 1.95. The lowest BCUT2D eigenvalue weighted by Gasteiger charge is -2.14. The number of anilines is 1. The molecule has 0 aliphatic heterocycles. The summed E-state index contributed by atoms with van der Waals surface area (Å²) < 4.78 is 1.78. The van der Waals surface area contributed by atoms with Crippen molar-refractivity contribution in [3.05, 3.63) is 35.5 Å². The number of nitrogen functional groups attached to an aromatic ring is 1. The molecule has 6 heteroatoms. The molecule has 6 nitrogen and oxygen atoms in total. The fraction of sp³-hybridized carbons (Fsp3) is 0.308. The first-order chi connectivity index (χ1) is 9.16. The fourth-order valence-corrected chi connectivity index (χ4v) is 2.47. The number of imidazole rings is 1. The first-order valence-electron chi connectivity index (χ1n) is 6.21. The molecule has 1 aliphatic rings. The van der Waals surface area contributed by atoms with Crippen molar-refractivity contribution in [3.8, 4) is 5.82 Å². The van der Waals surface area contributed by atoms with Gasteiger partial charge in [-0.2, -0.15) is 0 Å². The number of hydrogen-bond donors (Lipinski definition) is 2. The van der Waals surface area contributed by atoms with Gasteiger partial charge in [-0.15, -0.1) is 0 Å². The monoisotopic (exact) mass is 258 g/mol. The number of aryl methyl sites for hydroxylation is 1. The number of rotatable bonds is 2. The zero-order valence-electron chi connectivity index (χ0n) is 10.3. The van der Waals surface area contributed by atoms with Crippen LogP contribution < -0.4 is 5.73 Å². The summed E-state index contributed by atoms with van der Waals surface area (Å²) in [5.41, 5.74) is 8.15. The van der Waals surface area contributed by atoms with Crippen molar-refractivity contribution < 1.29 is 9.90 Å². The number of carboxylic acids is 1. The van der Waals surface area contributed by atoms with Crippen LogP contribution in [0.3, 0.4) is 0 Å². The van der Waals surface area contributed by atoms with Crippen LogP contribution in [-0.2, 0) is 12.8 Å². The van der Waals surface area contributed by atoms with Gasteiger partial charge in [-0.05, 0) is 31.7 Å². The van der Waals surface area contributed by atoms with E-state index in [1.54, 1.807) is 10.9 Å². The van der Waals surface area contributed by atoms with Gasteiger partial charge in [0.1, 0.15) is 11.9 Å². The minimum absolute atomic E-state index is 0.103. The smallest absolute Gasteiger partial charge is 0.339 e. The van der Waals surface area contributed by atoms with Gasteiger partial charge in [-0.25, -0.2) is 14.8 Å². The summed E-state index contributed by atoms with van der Waals surface area (Å²) in [5, 5.41) is 9.26. The molecule has 3 N–H and O–H groups in total. The van der Waals surface area contributed by atoms with Gasteiger partial charge in [0.25, 0.3) is 0 Å². The van der Waals surface area contributed by atoms with Gasteiger partial charge in [0.2, 0.25) is 0 Å². The van der Waals surface area contributed by atoms with Crippen LogP contribution >= 0.6 is 0 Å². The molecule has 0 fully saturated rings. The minimum atomic E-state index is -1.03. The Bertz CT molecular complexity index is 648. The molecule has 0 radical (unpaired) electrons. The molecule has 0 saturated carbocycles. The highest BCUT2D eigenvalue weighted by molar-refractivity contribution is 5.92. The molecule has 1 aliphatic carbocycles. The molecule has 98 valence electrons. The van der Waals surface area contributed by atoms with Crippen molar-refractivity contribution in [2.75, 3.05) is 5.73 Å². The SMILES string of the molecule is Nc1cnc(-n2cnc3c2CCCC3)c(C(=O)O)c1. The Kier molecular flexibility index (Phi) is 2.70. The third-order valence-electron chi connectivity index (χ3n) is 3.38. The van der Waals surface area contributed by atoms with E-state index < -0.39 is 5.97 Å². The highest BCUT2D eigenvalue weighted by Crippen LogP contribution is 2.24. The Morgan fingerprint density at radius 1 is 1.32 bits per heavy atom. The normalized spacial score (nSPS) is 14.1. The molecule has 0 bridgehead atoms. The molecular weight excluding hydrogens is 244 g/mol. The lowest BCUT2D eigenvalue weighted by Crippen LogP contribution is -2.12. The minimum Gasteiger partial charge on any atom is -0.478 e. The van der Waals surface area contributed by atoms with Gasteiger partial charge in [0, 0.05) is 5.69 Å². The second kappa shape index (κ2) is 4.38. The number of nitrogens with two attached hydrogens (primary N) is 1. The number of pyridine rings is 1. The van der Waals surface area contributed by atoms with Crippen LogP contribution in [0.15, 0.2) is 18.6 Å². The zero-order valence-corrected chi connectivity index (χ0v) is 10.3. The van der Waals surface area contributed by atoms with Crippen molar-refractivity contribution in [1.82, 2.24) is 14.5 Å². The number of carboxylic acid groups (broad SMARTS) is 1. The van der Waals surface area contributed by atoms with Gasteiger partial charge in [-0.3, -0.25) is 4.57 Å². The molecule has 2 heterocycles. The molecule has 0 aromatic carbocycles. The molecule has 2 aromatic heterocycles. The molecule has 0 amide bonds. The molecule has 0 saturated heterocycles. The maximum Gasteiger partial charge on any atom is 0.339 e. The second-order valence-corrected chi connectivity index (χ2v) is 4.66. The lowest BCUT2D eigenvalue weighted by atomic mass is 10.0. The molecule has 0 unspecified atom stereocenters. The Hall–Kier alpha value is -2.37. The standard InChI is InChI=1S/C13H14N4O2/c14-8-5-9(13(18)19)12(15-6-8)17-7-16-10-3-1-2-4-11(10)17/h5-7H,1-4,14H2,(H,18,19). The number of aromatic nitrogens is 3. The lowest BCUT2D eigenvalue weighted by molar-refractivity contribution is 0.0696. The van der Waals surface area contributed by atoms with Crippen LogP contribution in [0.25, 0.3) is 5.82 Å². The van der Waals surface area contributed by atoms with E-state index in [0.717, 1.165) is 37.1 Å². The zero-order chi connectivity index (χ0) is 13.4. The predicted octanol–water partition coefficient (Wildman–Crippen LogP) is 1.43. The van der Waals surface area contributed by atoms with E-state index in [0.29, 0.717) is 11.5 Å². The second-order valence-electron chi connectivity index (χ2n) is 4.66. The number of fused-ring (bicyclic) bond motifs is 1. The maximum atomic E-state index is 11.3. The van der Waals surface area contributed by atoms with Crippen LogP contribution in [0.5, 0.6) is 0 Å². The molecule has 2 aromatic rings. The summed E-state index contributed by atoms with van der Waals surface area (Å²) in [4.78, 5) is 19.8. The summed E-state index contributed by atoms with van der Waals surface area (Å²) in [7, 11) is 0. The van der Waals surface area contributed by atoms with Crippen molar-refractivity contribution in [2.24, 2.45) is 0 Å². The van der Waals surface area contributed by atoms with Crippen molar-refractivity contribution in [3.63, 3.8) is 0 Å². The Morgan fingerprint density at radius 2 is 2.11 bits per heavy atom. The van der Waals surface area contributed by atoms with E-state index in [2.05, 4.69) is 9.97 Å². The highest BCUT2D eigenvalue weighted by atomic mass is 16.4. The van der Waals surface area contributed by atoms with E-state index in [9.17, 15) is 9.90 Å². The Balaban J connectivity index is 2.17. The summed E-state index contributed by atoms with van der Waals surface area (Å²) in [6.07, 6.45) is 7.19. The van der Waals surface area contributed by atoms with E-state index in [1.165, 1.54) is 12.3 Å². The Morgan fingerprint density at radius 3 is 2.89 bits per heavy atom. The largest absolute Gasteiger partial charge is 0.478 e. The van der Waals surface area contributed by atoms with Crippen LogP contribution in [0.2, 0.25) is 0 Å². The summed E-state index contributed by atoms with van der Waals surface area (Å²) in [6, 6.07) is 1.43. The van der Waals surface area contributed by atoms with Gasteiger partial charge in [-0.1, -0.05) is 0 Å². The Labute approximate surface area is 109 Å². The van der Waals surface area contributed by atoms with Crippen molar-refractivity contribution in [1.29, 1.82) is 0 Å².